The number of halogens is 3. The first kappa shape index (κ1) is 18.0. The first-order chi connectivity index (χ1) is 13.2. The number of carbonyl (C=O) groups excluding carboxylic acids is 1. The summed E-state index contributed by atoms with van der Waals surface area (Å²) in [4.78, 5) is 21.7. The van der Waals surface area contributed by atoms with Crippen molar-refractivity contribution in [1.29, 1.82) is 0 Å². The van der Waals surface area contributed by atoms with E-state index in [0.717, 1.165) is 4.68 Å². The van der Waals surface area contributed by atoms with Crippen LogP contribution in [0.15, 0.2) is 30.6 Å². The first-order valence-electron chi connectivity index (χ1n) is 8.33. The highest BCUT2D eigenvalue weighted by molar-refractivity contribution is 5.93. The highest BCUT2D eigenvalue weighted by atomic mass is 19.4. The van der Waals surface area contributed by atoms with Gasteiger partial charge < -0.3 is 10.1 Å². The Bertz CT molecular complexity index is 1060. The van der Waals surface area contributed by atoms with E-state index in [2.05, 4.69) is 20.4 Å². The summed E-state index contributed by atoms with van der Waals surface area (Å²) >= 11 is 0. The maximum Gasteiger partial charge on any atom is 0.437 e. The van der Waals surface area contributed by atoms with E-state index < -0.39 is 18.0 Å². The Kier molecular flexibility index (Phi) is 4.09. The van der Waals surface area contributed by atoms with Gasteiger partial charge in [-0.05, 0) is 25.1 Å². The number of amides is 1. The molecule has 1 fully saturated rings. The Morgan fingerprint density at radius 1 is 1.32 bits per heavy atom. The van der Waals surface area contributed by atoms with Gasteiger partial charge in [0.1, 0.15) is 6.61 Å². The van der Waals surface area contributed by atoms with E-state index >= 15 is 0 Å². The summed E-state index contributed by atoms with van der Waals surface area (Å²) in [6.45, 7) is 2.14. The Balaban J connectivity index is 1.69. The molecule has 0 radical (unpaired) electrons. The van der Waals surface area contributed by atoms with Gasteiger partial charge in [-0.2, -0.15) is 18.3 Å². The minimum atomic E-state index is -4.61. The molecule has 0 saturated carbocycles. The second kappa shape index (κ2) is 6.36. The number of nitrogens with zero attached hydrogens (tertiary/aromatic N) is 5. The monoisotopic (exact) mass is 392 g/mol. The summed E-state index contributed by atoms with van der Waals surface area (Å²) in [6.07, 6.45) is -2.37. The molecule has 1 aliphatic heterocycles. The van der Waals surface area contributed by atoms with Gasteiger partial charge in [-0.15, -0.1) is 0 Å². The number of hydrogen-bond donors (Lipinski definition) is 1. The largest absolute Gasteiger partial charge is 0.447 e. The quantitative estimate of drug-likeness (QED) is 0.735. The number of anilines is 3. The van der Waals surface area contributed by atoms with Gasteiger partial charge in [0.05, 0.1) is 17.2 Å². The molecule has 1 aliphatic rings. The number of cyclic esters (lactones) is 1. The minimum absolute atomic E-state index is 0.0137. The third-order valence-corrected chi connectivity index (χ3v) is 4.27. The van der Waals surface area contributed by atoms with Gasteiger partial charge in [-0.3, -0.25) is 9.58 Å². The molecular weight excluding hydrogens is 377 g/mol. The molecule has 0 aliphatic carbocycles. The normalized spacial score (nSPS) is 17.2. The fourth-order valence-corrected chi connectivity index (χ4v) is 3.01. The summed E-state index contributed by atoms with van der Waals surface area (Å²) < 4.78 is 45.4. The third-order valence-electron chi connectivity index (χ3n) is 4.27. The second-order valence-electron chi connectivity index (χ2n) is 6.42. The molecule has 1 amide bonds. The number of carbonyl (C=O) groups is 1. The predicted molar refractivity (Wildman–Crippen MR) is 94.3 cm³/mol. The van der Waals surface area contributed by atoms with Crippen molar-refractivity contribution < 1.29 is 22.7 Å². The van der Waals surface area contributed by atoms with Crippen LogP contribution < -0.4 is 10.2 Å². The molecule has 0 spiro atoms. The molecule has 1 saturated heterocycles. The predicted octanol–water partition coefficient (Wildman–Crippen LogP) is 3.47. The fourth-order valence-electron chi connectivity index (χ4n) is 3.01. The number of fused-ring (bicyclic) bond motifs is 1. The molecule has 8 nitrogen and oxygen atoms in total. The molecule has 3 heterocycles. The van der Waals surface area contributed by atoms with E-state index in [9.17, 15) is 18.0 Å². The Hall–Kier alpha value is -3.37. The fraction of sp³-hybridized carbons (Fsp3) is 0.294. The molecule has 28 heavy (non-hydrogen) atoms. The molecule has 1 aromatic carbocycles. The van der Waals surface area contributed by atoms with E-state index in [1.807, 2.05) is 6.92 Å². The lowest BCUT2D eigenvalue weighted by Gasteiger charge is -2.18. The zero-order valence-electron chi connectivity index (χ0n) is 14.9. The lowest BCUT2D eigenvalue weighted by Crippen LogP contribution is -2.30. The average molecular weight is 392 g/mol. The van der Waals surface area contributed by atoms with Crippen LogP contribution in [0.4, 0.5) is 35.3 Å². The van der Waals surface area contributed by atoms with Crippen LogP contribution in [0.1, 0.15) is 12.6 Å². The average Bonchev–Trinajstić information content (AvgIpc) is 3.16. The number of hydrogen-bond acceptors (Lipinski definition) is 6. The topological polar surface area (TPSA) is 85.2 Å². The maximum absolute atomic E-state index is 13.1. The lowest BCUT2D eigenvalue weighted by molar-refractivity contribution is -0.140. The van der Waals surface area contributed by atoms with E-state index in [-0.39, 0.29) is 24.3 Å². The molecule has 11 heteroatoms. The molecule has 1 N–H and O–H groups in total. The van der Waals surface area contributed by atoms with Gasteiger partial charge in [0.25, 0.3) is 0 Å². The lowest BCUT2D eigenvalue weighted by atomic mass is 10.2. The summed E-state index contributed by atoms with van der Waals surface area (Å²) in [7, 11) is 1.39. The van der Waals surface area contributed by atoms with Crippen molar-refractivity contribution in [2.45, 2.75) is 19.1 Å². The number of alkyl halides is 3. The van der Waals surface area contributed by atoms with Gasteiger partial charge in [-0.25, -0.2) is 14.8 Å². The van der Waals surface area contributed by atoms with Crippen molar-refractivity contribution in [1.82, 2.24) is 19.7 Å². The molecular formula is C17H15F3N6O2. The number of aromatic nitrogens is 4. The second-order valence-corrected chi connectivity index (χ2v) is 6.42. The van der Waals surface area contributed by atoms with Crippen molar-refractivity contribution in [2.75, 3.05) is 16.8 Å². The summed E-state index contributed by atoms with van der Waals surface area (Å²) in [5.41, 5.74) is -0.243. The van der Waals surface area contributed by atoms with Crippen molar-refractivity contribution in [3.05, 3.63) is 36.3 Å². The Morgan fingerprint density at radius 2 is 2.11 bits per heavy atom. The Morgan fingerprint density at radius 3 is 2.79 bits per heavy atom. The van der Waals surface area contributed by atoms with Crippen LogP contribution in [0, 0.1) is 0 Å². The summed E-state index contributed by atoms with van der Waals surface area (Å²) in [5, 5.41) is 6.68. The third kappa shape index (κ3) is 3.19. The van der Waals surface area contributed by atoms with E-state index in [1.165, 1.54) is 24.3 Å². The van der Waals surface area contributed by atoms with E-state index in [4.69, 9.17) is 4.74 Å². The molecule has 146 valence electrons. The minimum Gasteiger partial charge on any atom is -0.447 e. The van der Waals surface area contributed by atoms with Crippen molar-refractivity contribution >= 4 is 34.3 Å². The highest BCUT2D eigenvalue weighted by Crippen LogP contribution is 2.34. The van der Waals surface area contributed by atoms with Crippen molar-refractivity contribution in [2.24, 2.45) is 7.05 Å². The van der Waals surface area contributed by atoms with Crippen LogP contribution in [-0.2, 0) is 18.0 Å². The summed E-state index contributed by atoms with van der Waals surface area (Å²) in [5.74, 6) is -0.0137. The zero-order chi connectivity index (χ0) is 20.1. The first-order valence-corrected chi connectivity index (χ1v) is 8.33. The van der Waals surface area contributed by atoms with Crippen LogP contribution in [-0.4, -0.2) is 38.5 Å². The number of ether oxygens (including phenoxy) is 1. The smallest absolute Gasteiger partial charge is 0.437 e. The van der Waals surface area contributed by atoms with Gasteiger partial charge >= 0.3 is 12.3 Å². The highest BCUT2D eigenvalue weighted by Gasteiger charge is 2.37. The number of rotatable bonds is 3. The van der Waals surface area contributed by atoms with E-state index in [0.29, 0.717) is 16.6 Å². The van der Waals surface area contributed by atoms with Gasteiger partial charge in [0.2, 0.25) is 5.95 Å². The van der Waals surface area contributed by atoms with Crippen molar-refractivity contribution in [3.8, 4) is 0 Å². The SMILES string of the molecule is C[C@H]1COC(=O)N1c1ccc2cnc(Nc3cn(C)nc3C(F)(F)F)nc2c1. The standard InChI is InChI=1S/C17H15F3N6O2/c1-9-8-28-16(27)26(9)11-4-3-10-6-21-15(22-12(10)5-11)23-13-7-25(2)24-14(13)17(18,19)20/h3-7,9H,8H2,1-2H3,(H,21,22,23)/t9-/m0/s1. The number of aryl methyl sites for hydroxylation is 1. The molecule has 0 unspecified atom stereocenters. The molecule has 2 aromatic heterocycles. The molecule has 0 bridgehead atoms. The van der Waals surface area contributed by atoms with Gasteiger partial charge in [0.15, 0.2) is 5.69 Å². The molecule has 3 aromatic rings. The van der Waals surface area contributed by atoms with Crippen LogP contribution in [0.25, 0.3) is 10.9 Å². The van der Waals surface area contributed by atoms with Crippen LogP contribution in [0.2, 0.25) is 0 Å². The Labute approximate surface area is 156 Å². The zero-order valence-corrected chi connectivity index (χ0v) is 14.9. The van der Waals surface area contributed by atoms with Crippen LogP contribution in [0.5, 0.6) is 0 Å². The molecule has 4 rings (SSSR count). The van der Waals surface area contributed by atoms with E-state index in [1.54, 1.807) is 18.2 Å². The molecule has 1 atom stereocenters. The number of benzene rings is 1. The van der Waals surface area contributed by atoms with Crippen LogP contribution >= 0.6 is 0 Å². The summed E-state index contributed by atoms with van der Waals surface area (Å²) in [6, 6.07) is 5.01. The number of nitrogens with one attached hydrogen (secondary N) is 1. The van der Waals surface area contributed by atoms with Crippen LogP contribution in [0.3, 0.4) is 0 Å². The van der Waals surface area contributed by atoms with Gasteiger partial charge in [0, 0.05) is 30.5 Å². The van der Waals surface area contributed by atoms with Crippen molar-refractivity contribution in [3.63, 3.8) is 0 Å². The van der Waals surface area contributed by atoms with Gasteiger partial charge in [-0.1, -0.05) is 0 Å². The maximum atomic E-state index is 13.1.